The minimum absolute atomic E-state index is 0.697. The van der Waals surface area contributed by atoms with E-state index < -0.39 is 0 Å². The zero-order valence-corrected chi connectivity index (χ0v) is 14.1. The van der Waals surface area contributed by atoms with Crippen molar-refractivity contribution in [3.63, 3.8) is 0 Å². The highest BCUT2D eigenvalue weighted by Gasteiger charge is 2.15. The second-order valence-corrected chi connectivity index (χ2v) is 6.74. The number of guanidine groups is 1. The molecule has 1 fully saturated rings. The SMILES string of the molecule is CCNC(=NCC1CCCS1)NCCc1c(C)noc1C. The van der Waals surface area contributed by atoms with Gasteiger partial charge in [0.1, 0.15) is 5.76 Å². The highest BCUT2D eigenvalue weighted by molar-refractivity contribution is 8.00. The Bertz CT molecular complexity index is 447. The number of nitrogens with one attached hydrogen (secondary N) is 2. The van der Waals surface area contributed by atoms with Crippen LogP contribution in [0.15, 0.2) is 9.52 Å². The van der Waals surface area contributed by atoms with Gasteiger partial charge in [-0.15, -0.1) is 0 Å². The van der Waals surface area contributed by atoms with Gasteiger partial charge in [-0.3, -0.25) is 4.99 Å². The van der Waals surface area contributed by atoms with Gasteiger partial charge < -0.3 is 15.2 Å². The Hall–Kier alpha value is -1.17. The number of hydrogen-bond donors (Lipinski definition) is 2. The van der Waals surface area contributed by atoms with E-state index in [4.69, 9.17) is 9.52 Å². The van der Waals surface area contributed by atoms with Crippen LogP contribution >= 0.6 is 11.8 Å². The van der Waals surface area contributed by atoms with E-state index in [1.807, 2.05) is 25.6 Å². The van der Waals surface area contributed by atoms with Crippen molar-refractivity contribution in [1.82, 2.24) is 15.8 Å². The highest BCUT2D eigenvalue weighted by Crippen LogP contribution is 2.25. The Morgan fingerprint density at radius 2 is 2.29 bits per heavy atom. The standard InChI is InChI=1S/C15H26N4OS/c1-4-16-15(18-10-13-6-5-9-21-13)17-8-7-14-11(2)19-20-12(14)3/h13H,4-10H2,1-3H3,(H2,16,17,18). The van der Waals surface area contributed by atoms with E-state index in [0.29, 0.717) is 5.25 Å². The van der Waals surface area contributed by atoms with Crippen LogP contribution in [0.3, 0.4) is 0 Å². The lowest BCUT2D eigenvalue weighted by atomic mass is 10.1. The molecule has 5 nitrogen and oxygen atoms in total. The van der Waals surface area contributed by atoms with Crippen LogP contribution in [0.5, 0.6) is 0 Å². The largest absolute Gasteiger partial charge is 0.361 e. The number of rotatable bonds is 6. The summed E-state index contributed by atoms with van der Waals surface area (Å²) in [6.07, 6.45) is 3.54. The zero-order chi connectivity index (χ0) is 15.1. The van der Waals surface area contributed by atoms with E-state index in [2.05, 4.69) is 22.7 Å². The zero-order valence-electron chi connectivity index (χ0n) is 13.2. The van der Waals surface area contributed by atoms with Gasteiger partial charge in [-0.2, -0.15) is 11.8 Å². The topological polar surface area (TPSA) is 62.5 Å². The molecule has 1 aliphatic heterocycles. The molecule has 6 heteroatoms. The number of hydrogen-bond acceptors (Lipinski definition) is 4. The van der Waals surface area contributed by atoms with E-state index in [1.165, 1.54) is 24.2 Å². The third-order valence-corrected chi connectivity index (χ3v) is 5.05. The maximum Gasteiger partial charge on any atom is 0.191 e. The molecule has 1 unspecified atom stereocenters. The van der Waals surface area contributed by atoms with Crippen LogP contribution in [0.4, 0.5) is 0 Å². The maximum atomic E-state index is 5.19. The maximum absolute atomic E-state index is 5.19. The molecule has 1 aromatic rings. The van der Waals surface area contributed by atoms with E-state index >= 15 is 0 Å². The Morgan fingerprint density at radius 1 is 1.43 bits per heavy atom. The highest BCUT2D eigenvalue weighted by atomic mass is 32.2. The Kier molecular flexibility index (Phi) is 6.42. The minimum Gasteiger partial charge on any atom is -0.361 e. The summed E-state index contributed by atoms with van der Waals surface area (Å²) in [5.74, 6) is 3.12. The predicted octanol–water partition coefficient (Wildman–Crippen LogP) is 2.28. The lowest BCUT2D eigenvalue weighted by Crippen LogP contribution is -2.38. The summed E-state index contributed by atoms with van der Waals surface area (Å²) >= 11 is 2.04. The lowest BCUT2D eigenvalue weighted by molar-refractivity contribution is 0.392. The van der Waals surface area contributed by atoms with Gasteiger partial charge in [-0.05, 0) is 45.8 Å². The average Bonchev–Trinajstić information content (AvgIpc) is 3.09. The van der Waals surface area contributed by atoms with Gasteiger partial charge in [0.05, 0.1) is 12.2 Å². The van der Waals surface area contributed by atoms with Gasteiger partial charge in [-0.25, -0.2) is 0 Å². The van der Waals surface area contributed by atoms with E-state index in [0.717, 1.165) is 43.5 Å². The minimum atomic E-state index is 0.697. The quantitative estimate of drug-likeness (QED) is 0.623. The molecule has 0 aliphatic carbocycles. The fourth-order valence-corrected chi connectivity index (χ4v) is 3.67. The molecule has 2 rings (SSSR count). The van der Waals surface area contributed by atoms with Crippen molar-refractivity contribution >= 4 is 17.7 Å². The van der Waals surface area contributed by atoms with Gasteiger partial charge in [0, 0.05) is 23.9 Å². The third kappa shape index (κ3) is 4.95. The van der Waals surface area contributed by atoms with Gasteiger partial charge >= 0.3 is 0 Å². The lowest BCUT2D eigenvalue weighted by Gasteiger charge is -2.12. The summed E-state index contributed by atoms with van der Waals surface area (Å²) in [6, 6.07) is 0. The van der Waals surface area contributed by atoms with Crippen LogP contribution in [0.1, 0.15) is 36.8 Å². The molecule has 21 heavy (non-hydrogen) atoms. The molecule has 1 aromatic heterocycles. The Morgan fingerprint density at radius 3 is 2.90 bits per heavy atom. The van der Waals surface area contributed by atoms with Crippen LogP contribution in [-0.2, 0) is 6.42 Å². The molecule has 0 bridgehead atoms. The number of nitrogens with zero attached hydrogens (tertiary/aromatic N) is 2. The van der Waals surface area contributed by atoms with Crippen molar-refractivity contribution in [3.8, 4) is 0 Å². The fourth-order valence-electron chi connectivity index (χ4n) is 2.49. The number of aryl methyl sites for hydroxylation is 2. The van der Waals surface area contributed by atoms with Crippen molar-refractivity contribution in [2.24, 2.45) is 4.99 Å². The molecular weight excluding hydrogens is 284 g/mol. The first-order valence-corrected chi connectivity index (χ1v) is 8.81. The first-order chi connectivity index (χ1) is 10.2. The summed E-state index contributed by atoms with van der Waals surface area (Å²) in [5, 5.41) is 11.4. The summed E-state index contributed by atoms with van der Waals surface area (Å²) in [4.78, 5) is 4.69. The number of thioether (sulfide) groups is 1. The third-order valence-electron chi connectivity index (χ3n) is 3.67. The molecule has 0 spiro atoms. The van der Waals surface area contributed by atoms with Crippen LogP contribution in [0.25, 0.3) is 0 Å². The predicted molar refractivity (Wildman–Crippen MR) is 89.1 cm³/mol. The van der Waals surface area contributed by atoms with Crippen molar-refractivity contribution in [1.29, 1.82) is 0 Å². The molecule has 0 aromatic carbocycles. The fraction of sp³-hybridized carbons (Fsp3) is 0.733. The molecule has 1 saturated heterocycles. The van der Waals surface area contributed by atoms with Crippen LogP contribution in [0.2, 0.25) is 0 Å². The first-order valence-electron chi connectivity index (χ1n) is 7.76. The average molecular weight is 310 g/mol. The van der Waals surface area contributed by atoms with Crippen LogP contribution < -0.4 is 10.6 Å². The molecule has 2 heterocycles. The van der Waals surface area contributed by atoms with Gasteiger partial charge in [-0.1, -0.05) is 5.16 Å². The van der Waals surface area contributed by atoms with Crippen molar-refractivity contribution in [3.05, 3.63) is 17.0 Å². The molecule has 0 radical (unpaired) electrons. The summed E-state index contributed by atoms with van der Waals surface area (Å²) in [6.45, 7) is 8.68. The Balaban J connectivity index is 1.80. The van der Waals surface area contributed by atoms with Gasteiger partial charge in [0.2, 0.25) is 0 Å². The second kappa shape index (κ2) is 8.32. The van der Waals surface area contributed by atoms with Crippen molar-refractivity contribution < 1.29 is 4.52 Å². The molecule has 0 saturated carbocycles. The monoisotopic (exact) mass is 310 g/mol. The molecule has 118 valence electrons. The van der Waals surface area contributed by atoms with Gasteiger partial charge in [0.25, 0.3) is 0 Å². The summed E-state index contributed by atoms with van der Waals surface area (Å²) < 4.78 is 5.19. The van der Waals surface area contributed by atoms with Crippen LogP contribution in [0, 0.1) is 13.8 Å². The van der Waals surface area contributed by atoms with Gasteiger partial charge in [0.15, 0.2) is 5.96 Å². The van der Waals surface area contributed by atoms with E-state index in [-0.39, 0.29) is 0 Å². The number of aromatic nitrogens is 1. The molecule has 2 N–H and O–H groups in total. The summed E-state index contributed by atoms with van der Waals surface area (Å²) in [7, 11) is 0. The smallest absolute Gasteiger partial charge is 0.191 e. The normalized spacial score (nSPS) is 19.0. The molecule has 1 aliphatic rings. The van der Waals surface area contributed by atoms with E-state index in [1.54, 1.807) is 0 Å². The molecule has 1 atom stereocenters. The Labute approximate surface area is 131 Å². The second-order valence-electron chi connectivity index (χ2n) is 5.33. The first kappa shape index (κ1) is 16.2. The summed E-state index contributed by atoms with van der Waals surface area (Å²) in [5.41, 5.74) is 2.18. The van der Waals surface area contributed by atoms with Crippen molar-refractivity contribution in [2.45, 2.75) is 45.3 Å². The molecular formula is C15H26N4OS. The van der Waals surface area contributed by atoms with Crippen molar-refractivity contribution in [2.75, 3.05) is 25.4 Å². The number of aliphatic imine (C=N–C) groups is 1. The van der Waals surface area contributed by atoms with Crippen LogP contribution in [-0.4, -0.2) is 41.8 Å². The van der Waals surface area contributed by atoms with E-state index in [9.17, 15) is 0 Å². The molecule has 0 amide bonds.